The van der Waals surface area contributed by atoms with Crippen LogP contribution in [0.4, 0.5) is 5.69 Å². The van der Waals surface area contributed by atoms with Gasteiger partial charge in [-0.15, -0.1) is 0 Å². The summed E-state index contributed by atoms with van der Waals surface area (Å²) in [5.41, 5.74) is 2.15. The molecule has 22 heavy (non-hydrogen) atoms. The van der Waals surface area contributed by atoms with E-state index in [1.54, 1.807) is 18.3 Å². The van der Waals surface area contributed by atoms with Gasteiger partial charge in [-0.1, -0.05) is 36.0 Å². The number of pyridine rings is 1. The number of aryl methyl sites for hydroxylation is 1. The van der Waals surface area contributed by atoms with Gasteiger partial charge in [0.2, 0.25) is 10.0 Å². The average Bonchev–Trinajstić information content (AvgIpc) is 2.52. The van der Waals surface area contributed by atoms with Gasteiger partial charge in [0.05, 0.1) is 5.03 Å². The van der Waals surface area contributed by atoms with Crippen LogP contribution in [0.2, 0.25) is 0 Å². The first-order valence-electron chi connectivity index (χ1n) is 6.87. The Kier molecular flexibility index (Phi) is 6.23. The maximum absolute atomic E-state index is 11.9. The van der Waals surface area contributed by atoms with E-state index in [-0.39, 0.29) is 5.08 Å². The fourth-order valence-electron chi connectivity index (χ4n) is 1.79. The fourth-order valence-corrected chi connectivity index (χ4v) is 3.95. The summed E-state index contributed by atoms with van der Waals surface area (Å²) in [5, 5.41) is 3.88. The largest absolute Gasteiger partial charge is 0.384 e. The first-order chi connectivity index (χ1) is 10.6. The van der Waals surface area contributed by atoms with Crippen molar-refractivity contribution in [3.8, 4) is 0 Å². The number of hydrogen-bond donors (Lipinski definition) is 2. The van der Waals surface area contributed by atoms with E-state index in [1.165, 1.54) is 11.8 Å². The summed E-state index contributed by atoms with van der Waals surface area (Å²) < 4.78 is 26.4. The van der Waals surface area contributed by atoms with Crippen LogP contribution in [0.5, 0.6) is 0 Å². The van der Waals surface area contributed by atoms with E-state index in [0.717, 1.165) is 11.3 Å². The van der Waals surface area contributed by atoms with Crippen LogP contribution in [0.25, 0.3) is 0 Å². The third-order valence-electron chi connectivity index (χ3n) is 2.91. The van der Waals surface area contributed by atoms with Gasteiger partial charge < -0.3 is 5.32 Å². The number of para-hydroxylation sites is 1. The molecule has 2 N–H and O–H groups in total. The lowest BCUT2D eigenvalue weighted by molar-refractivity contribution is 0.588. The molecule has 0 spiro atoms. The number of aromatic nitrogens is 1. The first kappa shape index (κ1) is 16.8. The van der Waals surface area contributed by atoms with Gasteiger partial charge in [-0.3, -0.25) is 0 Å². The van der Waals surface area contributed by atoms with Crippen molar-refractivity contribution in [1.82, 2.24) is 9.71 Å². The summed E-state index contributed by atoms with van der Waals surface area (Å²) in [7, 11) is -3.31. The van der Waals surface area contributed by atoms with Crippen molar-refractivity contribution in [3.05, 3.63) is 54.2 Å². The molecule has 0 unspecified atom stereocenters. The monoisotopic (exact) mass is 337 g/mol. The number of benzene rings is 1. The third kappa shape index (κ3) is 5.67. The third-order valence-corrected chi connectivity index (χ3v) is 5.80. The lowest BCUT2D eigenvalue weighted by atomic mass is 10.2. The van der Waals surface area contributed by atoms with Crippen molar-refractivity contribution in [2.75, 3.05) is 23.5 Å². The van der Waals surface area contributed by atoms with Gasteiger partial charge in [0, 0.05) is 25.0 Å². The second kappa shape index (κ2) is 8.17. The van der Waals surface area contributed by atoms with E-state index in [0.29, 0.717) is 18.1 Å². The normalized spacial score (nSPS) is 11.3. The van der Waals surface area contributed by atoms with Gasteiger partial charge in [-0.25, -0.2) is 18.1 Å². The van der Waals surface area contributed by atoms with Gasteiger partial charge in [0.1, 0.15) is 5.08 Å². The maximum atomic E-state index is 11.9. The van der Waals surface area contributed by atoms with Crippen LogP contribution in [0, 0.1) is 6.92 Å². The topological polar surface area (TPSA) is 71.1 Å². The Bertz CT molecular complexity index is 691. The Labute approximate surface area is 135 Å². The second-order valence-corrected chi connectivity index (χ2v) is 7.85. The van der Waals surface area contributed by atoms with E-state index in [4.69, 9.17) is 0 Å². The molecule has 0 aliphatic carbocycles. The van der Waals surface area contributed by atoms with Gasteiger partial charge >= 0.3 is 0 Å². The van der Waals surface area contributed by atoms with E-state index in [1.807, 2.05) is 37.3 Å². The zero-order valence-corrected chi connectivity index (χ0v) is 14.0. The smallest absolute Gasteiger partial charge is 0.221 e. The molecule has 0 bridgehead atoms. The van der Waals surface area contributed by atoms with Crippen molar-refractivity contribution in [3.63, 3.8) is 0 Å². The van der Waals surface area contributed by atoms with E-state index < -0.39 is 10.0 Å². The predicted molar refractivity (Wildman–Crippen MR) is 91.6 cm³/mol. The number of anilines is 1. The molecule has 2 rings (SSSR count). The number of thioether (sulfide) groups is 1. The molecule has 1 heterocycles. The van der Waals surface area contributed by atoms with Crippen LogP contribution >= 0.6 is 11.8 Å². The zero-order valence-electron chi connectivity index (χ0n) is 12.3. The van der Waals surface area contributed by atoms with Crippen molar-refractivity contribution < 1.29 is 8.42 Å². The number of hydrogen-bond acceptors (Lipinski definition) is 5. The Morgan fingerprint density at radius 2 is 1.86 bits per heavy atom. The highest BCUT2D eigenvalue weighted by atomic mass is 32.3. The summed E-state index contributed by atoms with van der Waals surface area (Å²) >= 11 is 1.20. The highest BCUT2D eigenvalue weighted by Gasteiger charge is 2.10. The molecule has 0 saturated heterocycles. The van der Waals surface area contributed by atoms with Crippen molar-refractivity contribution >= 4 is 27.5 Å². The SMILES string of the molecule is Cc1ccccc1NCCNS(=O)(=O)CSc1ccccn1. The predicted octanol–water partition coefficient (Wildman–Crippen LogP) is 2.47. The van der Waals surface area contributed by atoms with Crippen LogP contribution in [0.3, 0.4) is 0 Å². The molecular formula is C15H19N3O2S2. The van der Waals surface area contributed by atoms with Gasteiger partial charge in [0.25, 0.3) is 0 Å². The van der Waals surface area contributed by atoms with Gasteiger partial charge in [-0.2, -0.15) is 0 Å². The number of nitrogens with one attached hydrogen (secondary N) is 2. The molecule has 118 valence electrons. The molecule has 0 fully saturated rings. The van der Waals surface area contributed by atoms with Gasteiger partial charge in [0.15, 0.2) is 0 Å². The number of nitrogens with zero attached hydrogens (tertiary/aromatic N) is 1. The average molecular weight is 337 g/mol. The van der Waals surface area contributed by atoms with Crippen LogP contribution < -0.4 is 10.0 Å². The minimum Gasteiger partial charge on any atom is -0.384 e. The van der Waals surface area contributed by atoms with Crippen LogP contribution in [0.1, 0.15) is 5.56 Å². The summed E-state index contributed by atoms with van der Waals surface area (Å²) in [5.74, 6) is 0. The van der Waals surface area contributed by atoms with E-state index in [2.05, 4.69) is 15.0 Å². The highest BCUT2D eigenvalue weighted by molar-refractivity contribution is 8.11. The van der Waals surface area contributed by atoms with E-state index in [9.17, 15) is 8.42 Å². The quantitative estimate of drug-likeness (QED) is 0.572. The summed E-state index contributed by atoms with van der Waals surface area (Å²) in [4.78, 5) is 4.09. The molecule has 5 nitrogen and oxygen atoms in total. The van der Waals surface area contributed by atoms with E-state index >= 15 is 0 Å². The Morgan fingerprint density at radius 3 is 2.59 bits per heavy atom. The minimum absolute atomic E-state index is 0.0334. The molecule has 0 atom stereocenters. The van der Waals surface area contributed by atoms with Crippen LogP contribution in [-0.2, 0) is 10.0 Å². The Hall–Kier alpha value is -1.57. The maximum Gasteiger partial charge on any atom is 0.221 e. The van der Waals surface area contributed by atoms with Crippen LogP contribution in [0.15, 0.2) is 53.7 Å². The van der Waals surface area contributed by atoms with Crippen molar-refractivity contribution in [2.24, 2.45) is 0 Å². The van der Waals surface area contributed by atoms with Crippen molar-refractivity contribution in [2.45, 2.75) is 11.9 Å². The molecule has 2 aromatic rings. The summed E-state index contributed by atoms with van der Waals surface area (Å²) in [6.07, 6.45) is 1.65. The number of rotatable bonds is 8. The Balaban J connectivity index is 1.72. The molecule has 0 aliphatic rings. The number of sulfonamides is 1. The molecule has 7 heteroatoms. The lowest BCUT2D eigenvalue weighted by Gasteiger charge is -2.10. The molecule has 1 aromatic heterocycles. The van der Waals surface area contributed by atoms with Crippen molar-refractivity contribution in [1.29, 1.82) is 0 Å². The Morgan fingerprint density at radius 1 is 1.09 bits per heavy atom. The first-order valence-corrected chi connectivity index (χ1v) is 9.51. The molecule has 1 aromatic carbocycles. The fraction of sp³-hybridized carbons (Fsp3) is 0.267. The van der Waals surface area contributed by atoms with Gasteiger partial charge in [-0.05, 0) is 30.7 Å². The lowest BCUT2D eigenvalue weighted by Crippen LogP contribution is -2.30. The highest BCUT2D eigenvalue weighted by Crippen LogP contribution is 2.15. The molecule has 0 aliphatic heterocycles. The molecule has 0 saturated carbocycles. The minimum atomic E-state index is -3.31. The molecule has 0 amide bonds. The van der Waals surface area contributed by atoms with Crippen LogP contribution in [-0.4, -0.2) is 31.6 Å². The summed E-state index contributed by atoms with van der Waals surface area (Å²) in [6.45, 7) is 2.90. The summed E-state index contributed by atoms with van der Waals surface area (Å²) in [6, 6.07) is 13.3. The molecule has 0 radical (unpaired) electrons. The second-order valence-electron chi connectivity index (χ2n) is 4.68. The zero-order chi connectivity index (χ0) is 15.8. The molecular weight excluding hydrogens is 318 g/mol. The standard InChI is InChI=1S/C15H19N3O2S2/c1-13-6-2-3-7-14(13)16-10-11-18-22(19,20)12-21-15-8-4-5-9-17-15/h2-9,16,18H,10-12H2,1H3.